The van der Waals surface area contributed by atoms with Gasteiger partial charge in [0.25, 0.3) is 0 Å². The topological polar surface area (TPSA) is 64.9 Å². The minimum absolute atomic E-state index is 0.229. The third-order valence-electron chi connectivity index (χ3n) is 2.06. The molecule has 1 aromatic carbocycles. The first kappa shape index (κ1) is 11.4. The molecule has 0 aliphatic heterocycles. The van der Waals surface area contributed by atoms with Gasteiger partial charge in [-0.1, -0.05) is 16.8 Å². The van der Waals surface area contributed by atoms with Crippen LogP contribution in [0.25, 0.3) is 11.4 Å². The van der Waals surface area contributed by atoms with E-state index in [2.05, 4.69) is 10.1 Å². The standard InChI is InChI=1S/C10H10ClN3OS/c1-16-6-2-3-8(11)7(4-6)10-13-9(5-12)15-14-10/h2-4H,5,12H2,1H3. The fourth-order valence-corrected chi connectivity index (χ4v) is 1.89. The highest BCUT2D eigenvalue weighted by Crippen LogP contribution is 2.29. The molecule has 0 saturated carbocycles. The Morgan fingerprint density at radius 1 is 1.50 bits per heavy atom. The van der Waals surface area contributed by atoms with Crippen LogP contribution in [0.3, 0.4) is 0 Å². The highest BCUT2D eigenvalue weighted by Gasteiger charge is 2.11. The number of nitrogens with zero attached hydrogens (tertiary/aromatic N) is 2. The SMILES string of the molecule is CSc1ccc(Cl)c(-c2noc(CN)n2)c1. The van der Waals surface area contributed by atoms with E-state index >= 15 is 0 Å². The molecule has 0 unspecified atom stereocenters. The molecule has 0 amide bonds. The summed E-state index contributed by atoms with van der Waals surface area (Å²) in [5.41, 5.74) is 6.16. The Morgan fingerprint density at radius 3 is 2.94 bits per heavy atom. The first-order valence-corrected chi connectivity index (χ1v) is 6.21. The van der Waals surface area contributed by atoms with Gasteiger partial charge < -0.3 is 10.3 Å². The van der Waals surface area contributed by atoms with Crippen molar-refractivity contribution in [2.45, 2.75) is 11.4 Å². The van der Waals surface area contributed by atoms with Gasteiger partial charge in [-0.15, -0.1) is 11.8 Å². The lowest BCUT2D eigenvalue weighted by molar-refractivity contribution is 0.380. The predicted molar refractivity (Wildman–Crippen MR) is 64.4 cm³/mol. The molecule has 4 nitrogen and oxygen atoms in total. The molecule has 1 heterocycles. The number of rotatable bonds is 3. The second-order valence-corrected chi connectivity index (χ2v) is 4.35. The van der Waals surface area contributed by atoms with Crippen LogP contribution >= 0.6 is 23.4 Å². The number of hydrogen-bond acceptors (Lipinski definition) is 5. The monoisotopic (exact) mass is 255 g/mol. The van der Waals surface area contributed by atoms with E-state index in [0.29, 0.717) is 16.7 Å². The smallest absolute Gasteiger partial charge is 0.240 e. The number of benzene rings is 1. The summed E-state index contributed by atoms with van der Waals surface area (Å²) in [6.07, 6.45) is 1.99. The summed E-state index contributed by atoms with van der Waals surface area (Å²) in [5, 5.41) is 4.43. The highest BCUT2D eigenvalue weighted by molar-refractivity contribution is 7.98. The van der Waals surface area contributed by atoms with Crippen molar-refractivity contribution < 1.29 is 4.52 Å². The number of halogens is 1. The first-order chi connectivity index (χ1) is 7.74. The van der Waals surface area contributed by atoms with Crippen molar-refractivity contribution in [3.8, 4) is 11.4 Å². The van der Waals surface area contributed by atoms with Gasteiger partial charge >= 0.3 is 0 Å². The maximum absolute atomic E-state index is 6.08. The van der Waals surface area contributed by atoms with Gasteiger partial charge in [0.15, 0.2) is 0 Å². The molecule has 0 bridgehead atoms. The zero-order chi connectivity index (χ0) is 11.5. The minimum atomic E-state index is 0.229. The van der Waals surface area contributed by atoms with Gasteiger partial charge in [-0.05, 0) is 24.5 Å². The van der Waals surface area contributed by atoms with E-state index in [9.17, 15) is 0 Å². The van der Waals surface area contributed by atoms with Gasteiger partial charge in [0, 0.05) is 10.5 Å². The highest BCUT2D eigenvalue weighted by atomic mass is 35.5. The lowest BCUT2D eigenvalue weighted by Crippen LogP contribution is -1.95. The summed E-state index contributed by atoms with van der Waals surface area (Å²) in [6.45, 7) is 0.229. The molecule has 16 heavy (non-hydrogen) atoms. The van der Waals surface area contributed by atoms with Crippen LogP contribution in [0.1, 0.15) is 5.89 Å². The van der Waals surface area contributed by atoms with Crippen LogP contribution in [0.5, 0.6) is 0 Å². The quantitative estimate of drug-likeness (QED) is 0.854. The Morgan fingerprint density at radius 2 is 2.31 bits per heavy atom. The Kier molecular flexibility index (Phi) is 3.48. The number of nitrogens with two attached hydrogens (primary N) is 1. The second kappa shape index (κ2) is 4.86. The van der Waals surface area contributed by atoms with Gasteiger partial charge in [0.2, 0.25) is 11.7 Å². The zero-order valence-electron chi connectivity index (χ0n) is 8.61. The lowest BCUT2D eigenvalue weighted by atomic mass is 10.2. The average Bonchev–Trinajstić information content (AvgIpc) is 2.78. The molecule has 0 spiro atoms. The van der Waals surface area contributed by atoms with Crippen LogP contribution in [0.15, 0.2) is 27.6 Å². The maximum Gasteiger partial charge on any atom is 0.240 e. The Labute approximate surface area is 102 Å². The molecule has 0 radical (unpaired) electrons. The van der Waals surface area contributed by atoms with E-state index in [4.69, 9.17) is 21.9 Å². The Bertz CT molecular complexity index is 501. The van der Waals surface area contributed by atoms with Crippen LogP contribution in [-0.2, 0) is 6.54 Å². The van der Waals surface area contributed by atoms with E-state index in [1.807, 2.05) is 24.5 Å². The molecule has 0 atom stereocenters. The molecule has 84 valence electrons. The molecule has 1 aromatic heterocycles. The van der Waals surface area contributed by atoms with Gasteiger partial charge in [0.1, 0.15) is 0 Å². The summed E-state index contributed by atoms with van der Waals surface area (Å²) >= 11 is 7.71. The van der Waals surface area contributed by atoms with Crippen molar-refractivity contribution in [2.24, 2.45) is 5.73 Å². The summed E-state index contributed by atoms with van der Waals surface area (Å²) < 4.78 is 4.95. The van der Waals surface area contributed by atoms with Crippen molar-refractivity contribution in [3.05, 3.63) is 29.1 Å². The van der Waals surface area contributed by atoms with Crippen molar-refractivity contribution in [1.82, 2.24) is 10.1 Å². The van der Waals surface area contributed by atoms with Crippen LogP contribution in [0.4, 0.5) is 0 Å². The van der Waals surface area contributed by atoms with Gasteiger partial charge in [-0.25, -0.2) is 0 Å². The lowest BCUT2D eigenvalue weighted by Gasteiger charge is -2.01. The number of hydrogen-bond donors (Lipinski definition) is 1. The first-order valence-electron chi connectivity index (χ1n) is 4.61. The van der Waals surface area contributed by atoms with Crippen LogP contribution in [0, 0.1) is 0 Å². The maximum atomic E-state index is 6.08. The summed E-state index contributed by atoms with van der Waals surface area (Å²) in [5.74, 6) is 0.877. The molecule has 0 fully saturated rings. The molecule has 0 saturated heterocycles. The number of aromatic nitrogens is 2. The van der Waals surface area contributed by atoms with Crippen molar-refractivity contribution in [3.63, 3.8) is 0 Å². The molecular formula is C10H10ClN3OS. The normalized spacial score (nSPS) is 10.7. The van der Waals surface area contributed by atoms with Crippen LogP contribution < -0.4 is 5.73 Å². The Hall–Kier alpha value is -1.04. The largest absolute Gasteiger partial charge is 0.338 e. The van der Waals surface area contributed by atoms with E-state index < -0.39 is 0 Å². The molecule has 0 aliphatic carbocycles. The van der Waals surface area contributed by atoms with Crippen molar-refractivity contribution in [1.29, 1.82) is 0 Å². The number of thioether (sulfide) groups is 1. The summed E-state index contributed by atoms with van der Waals surface area (Å²) in [7, 11) is 0. The van der Waals surface area contributed by atoms with Crippen molar-refractivity contribution >= 4 is 23.4 Å². The molecular weight excluding hydrogens is 246 g/mol. The van der Waals surface area contributed by atoms with Crippen LogP contribution in [-0.4, -0.2) is 16.4 Å². The van der Waals surface area contributed by atoms with Gasteiger partial charge in [-0.2, -0.15) is 4.98 Å². The Balaban J connectivity index is 2.45. The molecule has 2 rings (SSSR count). The van der Waals surface area contributed by atoms with Gasteiger partial charge in [-0.3, -0.25) is 0 Å². The molecule has 0 aliphatic rings. The van der Waals surface area contributed by atoms with E-state index in [1.165, 1.54) is 0 Å². The fourth-order valence-electron chi connectivity index (χ4n) is 1.25. The van der Waals surface area contributed by atoms with Crippen LogP contribution in [0.2, 0.25) is 5.02 Å². The minimum Gasteiger partial charge on any atom is -0.338 e. The predicted octanol–water partition coefficient (Wildman–Crippen LogP) is 2.57. The fraction of sp³-hybridized carbons (Fsp3) is 0.200. The molecule has 6 heteroatoms. The van der Waals surface area contributed by atoms with E-state index in [1.54, 1.807) is 11.8 Å². The average molecular weight is 256 g/mol. The summed E-state index contributed by atoms with van der Waals surface area (Å²) in [6, 6.07) is 5.69. The molecule has 2 aromatic rings. The molecule has 2 N–H and O–H groups in total. The van der Waals surface area contributed by atoms with Gasteiger partial charge in [0.05, 0.1) is 11.6 Å². The third kappa shape index (κ3) is 2.21. The van der Waals surface area contributed by atoms with Crippen molar-refractivity contribution in [2.75, 3.05) is 6.26 Å². The van der Waals surface area contributed by atoms with E-state index in [-0.39, 0.29) is 6.54 Å². The third-order valence-corrected chi connectivity index (χ3v) is 3.11. The second-order valence-electron chi connectivity index (χ2n) is 3.06. The van der Waals surface area contributed by atoms with E-state index in [0.717, 1.165) is 10.5 Å². The summed E-state index contributed by atoms with van der Waals surface area (Å²) in [4.78, 5) is 5.23. The zero-order valence-corrected chi connectivity index (χ0v) is 10.2.